The molecular weight excluding hydrogens is 412 g/mol. The van der Waals surface area contributed by atoms with Crippen LogP contribution in [0, 0.1) is 0 Å². The molecule has 7 heteroatoms. The summed E-state index contributed by atoms with van der Waals surface area (Å²) >= 11 is 1.56. The number of nitrogens with one attached hydrogen (secondary N) is 1. The van der Waals surface area contributed by atoms with Gasteiger partial charge in [0.05, 0.1) is 19.6 Å². The second kappa shape index (κ2) is 9.75. The molecule has 1 aliphatic rings. The number of hydrogen-bond donors (Lipinski definition) is 1. The molecule has 2 heterocycles. The highest BCUT2D eigenvalue weighted by atomic mass is 32.2. The van der Waals surface area contributed by atoms with E-state index >= 15 is 0 Å². The first-order chi connectivity index (χ1) is 15.2. The van der Waals surface area contributed by atoms with Gasteiger partial charge < -0.3 is 19.4 Å². The minimum atomic E-state index is -0.560. The van der Waals surface area contributed by atoms with Gasteiger partial charge in [-0.15, -0.1) is 11.8 Å². The van der Waals surface area contributed by atoms with Crippen LogP contribution >= 0.6 is 11.8 Å². The Labute approximate surface area is 185 Å². The number of rotatable bonds is 7. The van der Waals surface area contributed by atoms with Gasteiger partial charge in [0.15, 0.2) is 0 Å². The van der Waals surface area contributed by atoms with Gasteiger partial charge in [0.1, 0.15) is 17.2 Å². The molecule has 0 aliphatic carbocycles. The molecule has 1 saturated heterocycles. The summed E-state index contributed by atoms with van der Waals surface area (Å²) in [6, 6.07) is 18.2. The van der Waals surface area contributed by atoms with E-state index in [-0.39, 0.29) is 17.2 Å². The van der Waals surface area contributed by atoms with E-state index in [2.05, 4.69) is 5.32 Å². The molecule has 2 aromatic carbocycles. The molecule has 3 aromatic rings. The maximum Gasteiger partial charge on any atom is 0.255 e. The molecule has 6 nitrogen and oxygen atoms in total. The smallest absolute Gasteiger partial charge is 0.255 e. The lowest BCUT2D eigenvalue weighted by atomic mass is 10.1. The van der Waals surface area contributed by atoms with E-state index in [0.717, 1.165) is 17.5 Å². The fourth-order valence-corrected chi connectivity index (χ4v) is 5.01. The van der Waals surface area contributed by atoms with Crippen molar-refractivity contribution in [2.24, 2.45) is 0 Å². The van der Waals surface area contributed by atoms with Crippen molar-refractivity contribution in [1.82, 2.24) is 10.2 Å². The first-order valence-corrected chi connectivity index (χ1v) is 11.1. The predicted octanol–water partition coefficient (Wildman–Crippen LogP) is 3.90. The predicted molar refractivity (Wildman–Crippen MR) is 120 cm³/mol. The van der Waals surface area contributed by atoms with Crippen molar-refractivity contribution in [3.05, 3.63) is 89.9 Å². The van der Waals surface area contributed by atoms with Crippen LogP contribution in [0.3, 0.4) is 0 Å². The highest BCUT2D eigenvalue weighted by Crippen LogP contribution is 2.42. The van der Waals surface area contributed by atoms with E-state index in [1.807, 2.05) is 36.4 Å². The number of nitrogens with zero attached hydrogens (tertiary/aromatic N) is 1. The number of ether oxygens (including phenoxy) is 1. The third-order valence-corrected chi connectivity index (χ3v) is 6.58. The molecule has 1 fully saturated rings. The molecule has 2 unspecified atom stereocenters. The summed E-state index contributed by atoms with van der Waals surface area (Å²) in [7, 11) is 1.58. The lowest BCUT2D eigenvalue weighted by Crippen LogP contribution is -2.48. The zero-order valence-corrected chi connectivity index (χ0v) is 18.0. The van der Waals surface area contributed by atoms with Gasteiger partial charge >= 0.3 is 0 Å². The number of furan rings is 1. The van der Waals surface area contributed by atoms with Crippen molar-refractivity contribution < 1.29 is 18.7 Å². The van der Waals surface area contributed by atoms with Crippen LogP contribution in [-0.2, 0) is 11.2 Å². The monoisotopic (exact) mass is 436 g/mol. The zero-order valence-electron chi connectivity index (χ0n) is 17.2. The molecule has 2 amide bonds. The van der Waals surface area contributed by atoms with Crippen LogP contribution in [0.5, 0.6) is 5.75 Å². The summed E-state index contributed by atoms with van der Waals surface area (Å²) < 4.78 is 10.4. The molecule has 160 valence electrons. The number of carbonyl (C=O) groups excluding carboxylic acids is 2. The zero-order chi connectivity index (χ0) is 21.6. The number of carbonyl (C=O) groups is 2. The quantitative estimate of drug-likeness (QED) is 0.608. The van der Waals surface area contributed by atoms with Crippen LogP contribution in [0.4, 0.5) is 0 Å². The van der Waals surface area contributed by atoms with Gasteiger partial charge in [-0.25, -0.2) is 0 Å². The third kappa shape index (κ3) is 4.77. The number of hydrogen-bond acceptors (Lipinski definition) is 5. The maximum atomic E-state index is 13.4. The summed E-state index contributed by atoms with van der Waals surface area (Å²) in [4.78, 5) is 28.1. The first-order valence-electron chi connectivity index (χ1n) is 10.1. The van der Waals surface area contributed by atoms with E-state index in [4.69, 9.17) is 9.15 Å². The lowest BCUT2D eigenvalue weighted by molar-refractivity contribution is -0.124. The normalized spacial score (nSPS) is 18.0. The average Bonchev–Trinajstić information content (AvgIpc) is 3.49. The molecule has 31 heavy (non-hydrogen) atoms. The molecule has 1 aromatic heterocycles. The van der Waals surface area contributed by atoms with Crippen molar-refractivity contribution >= 4 is 23.6 Å². The van der Waals surface area contributed by atoms with Gasteiger partial charge in [-0.2, -0.15) is 0 Å². The minimum Gasteiger partial charge on any atom is -0.497 e. The topological polar surface area (TPSA) is 71.8 Å². The Hall–Kier alpha value is -3.19. The lowest BCUT2D eigenvalue weighted by Gasteiger charge is -2.28. The van der Waals surface area contributed by atoms with Crippen molar-refractivity contribution in [2.45, 2.75) is 17.8 Å². The Kier molecular flexibility index (Phi) is 6.62. The van der Waals surface area contributed by atoms with Gasteiger partial charge in [0, 0.05) is 23.4 Å². The van der Waals surface area contributed by atoms with E-state index in [1.165, 1.54) is 0 Å². The van der Waals surface area contributed by atoms with Crippen molar-refractivity contribution in [2.75, 3.05) is 19.4 Å². The Morgan fingerprint density at radius 2 is 1.90 bits per heavy atom. The Bertz CT molecular complexity index is 1010. The fraction of sp³-hybridized carbons (Fsp3) is 0.250. The van der Waals surface area contributed by atoms with Gasteiger partial charge in [-0.05, 0) is 42.3 Å². The van der Waals surface area contributed by atoms with Gasteiger partial charge in [-0.1, -0.05) is 30.3 Å². The summed E-state index contributed by atoms with van der Waals surface area (Å²) in [5.74, 6) is 0.863. The first kappa shape index (κ1) is 21.1. The molecule has 0 radical (unpaired) electrons. The van der Waals surface area contributed by atoms with Crippen LogP contribution in [0.1, 0.15) is 26.9 Å². The summed E-state index contributed by atoms with van der Waals surface area (Å²) in [5, 5.41) is 2.72. The van der Waals surface area contributed by atoms with E-state index in [1.54, 1.807) is 60.6 Å². The van der Waals surface area contributed by atoms with E-state index in [9.17, 15) is 9.59 Å². The van der Waals surface area contributed by atoms with Crippen molar-refractivity contribution in [3.63, 3.8) is 0 Å². The largest absolute Gasteiger partial charge is 0.497 e. The molecule has 0 bridgehead atoms. The summed E-state index contributed by atoms with van der Waals surface area (Å²) in [6.07, 6.45) is 3.95. The van der Waals surface area contributed by atoms with Gasteiger partial charge in [0.2, 0.25) is 5.91 Å². The Balaban J connectivity index is 1.50. The fourth-order valence-electron chi connectivity index (χ4n) is 3.60. The van der Waals surface area contributed by atoms with Crippen LogP contribution in [0.25, 0.3) is 0 Å². The molecular formula is C24H24N2O4S. The van der Waals surface area contributed by atoms with Crippen molar-refractivity contribution in [1.29, 1.82) is 0 Å². The van der Waals surface area contributed by atoms with Crippen LogP contribution < -0.4 is 10.1 Å². The van der Waals surface area contributed by atoms with Gasteiger partial charge in [0.25, 0.3) is 5.91 Å². The Morgan fingerprint density at radius 1 is 1.13 bits per heavy atom. The Morgan fingerprint density at radius 3 is 2.58 bits per heavy atom. The maximum absolute atomic E-state index is 13.4. The average molecular weight is 437 g/mol. The van der Waals surface area contributed by atoms with E-state index < -0.39 is 6.04 Å². The SMILES string of the molecule is COc1ccc(C(=O)N2C(C(=O)NCCc3ccccc3)CSC2c2ccoc2)cc1. The third-order valence-electron chi connectivity index (χ3n) is 5.26. The van der Waals surface area contributed by atoms with Crippen molar-refractivity contribution in [3.8, 4) is 5.75 Å². The number of thioether (sulfide) groups is 1. The molecule has 0 saturated carbocycles. The standard InChI is InChI=1S/C24H24N2O4S/c1-29-20-9-7-18(8-10-20)23(28)26-21(16-31-24(26)19-12-14-30-15-19)22(27)25-13-11-17-5-3-2-4-6-17/h2-10,12,14-15,21,24H,11,13,16H2,1H3,(H,25,27). The molecule has 2 atom stereocenters. The molecule has 4 rings (SSSR count). The van der Waals surface area contributed by atoms with Crippen LogP contribution in [0.15, 0.2) is 77.6 Å². The second-order valence-corrected chi connectivity index (χ2v) is 8.34. The molecule has 1 N–H and O–H groups in total. The highest BCUT2D eigenvalue weighted by molar-refractivity contribution is 7.99. The summed E-state index contributed by atoms with van der Waals surface area (Å²) in [5.41, 5.74) is 2.54. The number of amides is 2. The number of methoxy groups -OCH3 is 1. The second-order valence-electron chi connectivity index (χ2n) is 7.23. The summed E-state index contributed by atoms with van der Waals surface area (Å²) in [6.45, 7) is 0.519. The number of benzene rings is 2. The van der Waals surface area contributed by atoms with Crippen LogP contribution in [-0.4, -0.2) is 42.2 Å². The molecule has 0 spiro atoms. The van der Waals surface area contributed by atoms with E-state index in [0.29, 0.717) is 23.6 Å². The minimum absolute atomic E-state index is 0.142. The molecule has 1 aliphatic heterocycles. The van der Waals surface area contributed by atoms with Crippen LogP contribution in [0.2, 0.25) is 0 Å². The van der Waals surface area contributed by atoms with Gasteiger partial charge in [-0.3, -0.25) is 9.59 Å². The highest BCUT2D eigenvalue weighted by Gasteiger charge is 2.42.